The summed E-state index contributed by atoms with van der Waals surface area (Å²) >= 11 is 0. The first-order chi connectivity index (χ1) is 13.3. The molecule has 4 rings (SSSR count). The van der Waals surface area contributed by atoms with Crippen LogP contribution >= 0.6 is 0 Å². The van der Waals surface area contributed by atoms with Crippen LogP contribution in [-0.2, 0) is 0 Å². The van der Waals surface area contributed by atoms with Gasteiger partial charge in [-0.05, 0) is 60.7 Å². The van der Waals surface area contributed by atoms with Crippen molar-refractivity contribution in [1.82, 2.24) is 0 Å². The van der Waals surface area contributed by atoms with Gasteiger partial charge in [0.05, 0.1) is 0 Å². The van der Waals surface area contributed by atoms with Crippen LogP contribution in [0.1, 0.15) is 37.3 Å². The molecule has 0 bridgehead atoms. The maximum atomic E-state index is 6.57. The number of ether oxygens (including phenoxy) is 2. The summed E-state index contributed by atoms with van der Waals surface area (Å²) in [6.45, 7) is 0. The highest BCUT2D eigenvalue weighted by Crippen LogP contribution is 2.40. The lowest BCUT2D eigenvalue weighted by Crippen LogP contribution is -2.19. The van der Waals surface area contributed by atoms with Gasteiger partial charge >= 0.3 is 0 Å². The predicted molar refractivity (Wildman–Crippen MR) is 108 cm³/mol. The van der Waals surface area contributed by atoms with Gasteiger partial charge in [-0.25, -0.2) is 0 Å². The lowest BCUT2D eigenvalue weighted by molar-refractivity contribution is 0.412. The van der Waals surface area contributed by atoms with E-state index in [-0.39, 0.29) is 6.04 Å². The van der Waals surface area contributed by atoms with Crippen LogP contribution in [0.4, 0.5) is 0 Å². The van der Waals surface area contributed by atoms with E-state index < -0.39 is 0 Å². The van der Waals surface area contributed by atoms with Crippen LogP contribution in [0.3, 0.4) is 0 Å². The maximum Gasteiger partial charge on any atom is 0.170 e. The molecule has 0 saturated heterocycles. The zero-order valence-electron chi connectivity index (χ0n) is 15.4. The summed E-state index contributed by atoms with van der Waals surface area (Å²) in [5.74, 6) is 3.49. The second kappa shape index (κ2) is 8.28. The highest BCUT2D eigenvalue weighted by molar-refractivity contribution is 5.48. The minimum absolute atomic E-state index is 0.0383. The van der Waals surface area contributed by atoms with E-state index in [0.29, 0.717) is 17.4 Å². The Bertz CT molecular complexity index is 858. The van der Waals surface area contributed by atoms with Gasteiger partial charge in [-0.3, -0.25) is 0 Å². The summed E-state index contributed by atoms with van der Waals surface area (Å²) in [6, 6.07) is 25.6. The summed E-state index contributed by atoms with van der Waals surface area (Å²) in [4.78, 5) is 0. The van der Waals surface area contributed by atoms with E-state index in [0.717, 1.165) is 17.1 Å². The number of benzene rings is 3. The van der Waals surface area contributed by atoms with Crippen LogP contribution in [0.5, 0.6) is 23.0 Å². The minimum atomic E-state index is 0.0383. The zero-order valence-corrected chi connectivity index (χ0v) is 15.4. The molecule has 0 heterocycles. The van der Waals surface area contributed by atoms with Crippen LogP contribution in [0.25, 0.3) is 0 Å². The van der Waals surface area contributed by atoms with Crippen molar-refractivity contribution in [1.29, 1.82) is 0 Å². The molecule has 0 spiro atoms. The van der Waals surface area contributed by atoms with Crippen LogP contribution in [0.15, 0.2) is 78.9 Å². The highest BCUT2D eigenvalue weighted by Gasteiger charge is 2.24. The van der Waals surface area contributed by atoms with E-state index in [1.807, 2.05) is 72.8 Å². The van der Waals surface area contributed by atoms with E-state index in [1.165, 1.54) is 25.7 Å². The molecule has 0 aliphatic heterocycles. The third-order valence-corrected chi connectivity index (χ3v) is 5.20. The van der Waals surface area contributed by atoms with Gasteiger partial charge in [0.2, 0.25) is 0 Å². The number of para-hydroxylation sites is 2. The van der Waals surface area contributed by atoms with Crippen molar-refractivity contribution in [2.75, 3.05) is 0 Å². The van der Waals surface area contributed by atoms with Crippen molar-refractivity contribution >= 4 is 0 Å². The standard InChI is InChI=1S/C24H25NO2/c25-24(18-9-7-8-10-18)19-15-16-22(26-20-11-3-1-4-12-20)23(17-19)27-21-13-5-2-6-14-21/h1-6,11-18,24H,7-10,25H2/t24-/m0/s1. The molecule has 1 aliphatic carbocycles. The quantitative estimate of drug-likeness (QED) is 0.549. The van der Waals surface area contributed by atoms with E-state index in [4.69, 9.17) is 15.2 Å². The normalized spacial score (nSPS) is 15.4. The molecule has 0 amide bonds. The van der Waals surface area contributed by atoms with Crippen LogP contribution in [0, 0.1) is 5.92 Å². The molecule has 27 heavy (non-hydrogen) atoms. The summed E-state index contributed by atoms with van der Waals surface area (Å²) in [6.07, 6.45) is 4.97. The Balaban J connectivity index is 1.64. The Morgan fingerprint density at radius 3 is 1.85 bits per heavy atom. The molecular formula is C24H25NO2. The molecule has 1 aliphatic rings. The molecule has 138 valence electrons. The van der Waals surface area contributed by atoms with E-state index in [9.17, 15) is 0 Å². The summed E-state index contributed by atoms with van der Waals surface area (Å²) < 4.78 is 12.2. The molecule has 3 aromatic carbocycles. The number of hydrogen-bond acceptors (Lipinski definition) is 3. The number of rotatable bonds is 6. The fraction of sp³-hybridized carbons (Fsp3) is 0.250. The lowest BCUT2D eigenvalue weighted by Gasteiger charge is -2.21. The molecule has 1 fully saturated rings. The first-order valence-electron chi connectivity index (χ1n) is 9.65. The van der Waals surface area contributed by atoms with Crippen LogP contribution in [0.2, 0.25) is 0 Å². The third-order valence-electron chi connectivity index (χ3n) is 5.20. The molecule has 0 unspecified atom stereocenters. The maximum absolute atomic E-state index is 6.57. The molecular weight excluding hydrogens is 334 g/mol. The molecule has 0 aromatic heterocycles. The van der Waals surface area contributed by atoms with Crippen LogP contribution in [-0.4, -0.2) is 0 Å². The second-order valence-electron chi connectivity index (χ2n) is 7.11. The fourth-order valence-corrected chi connectivity index (χ4v) is 3.72. The van der Waals surface area contributed by atoms with Gasteiger partial charge in [0, 0.05) is 6.04 Å². The average Bonchev–Trinajstić information content (AvgIpc) is 3.25. The monoisotopic (exact) mass is 359 g/mol. The molecule has 1 atom stereocenters. The Labute approximate surface area is 160 Å². The predicted octanol–water partition coefficient (Wildman–Crippen LogP) is 6.46. The van der Waals surface area contributed by atoms with Crippen molar-refractivity contribution in [3.8, 4) is 23.0 Å². The summed E-state index contributed by atoms with van der Waals surface area (Å²) in [7, 11) is 0. The SMILES string of the molecule is N[C@H](c1ccc(Oc2ccccc2)c(Oc2ccccc2)c1)C1CCCC1. The topological polar surface area (TPSA) is 44.5 Å². The van der Waals surface area contributed by atoms with Gasteiger partial charge in [0.15, 0.2) is 11.5 Å². The van der Waals surface area contributed by atoms with Gasteiger partial charge in [0.1, 0.15) is 11.5 Å². The first-order valence-corrected chi connectivity index (χ1v) is 9.65. The Morgan fingerprint density at radius 1 is 0.704 bits per heavy atom. The van der Waals surface area contributed by atoms with Crippen molar-refractivity contribution in [2.45, 2.75) is 31.7 Å². The molecule has 3 aromatic rings. The van der Waals surface area contributed by atoms with Gasteiger partial charge in [-0.15, -0.1) is 0 Å². The smallest absolute Gasteiger partial charge is 0.170 e. The minimum Gasteiger partial charge on any atom is -0.453 e. The average molecular weight is 359 g/mol. The molecule has 0 radical (unpaired) electrons. The van der Waals surface area contributed by atoms with Crippen LogP contribution < -0.4 is 15.2 Å². The van der Waals surface area contributed by atoms with Crippen molar-refractivity contribution in [2.24, 2.45) is 11.7 Å². The first kappa shape index (κ1) is 17.6. The van der Waals surface area contributed by atoms with E-state index >= 15 is 0 Å². The highest BCUT2D eigenvalue weighted by atomic mass is 16.5. The number of hydrogen-bond donors (Lipinski definition) is 1. The second-order valence-corrected chi connectivity index (χ2v) is 7.11. The van der Waals surface area contributed by atoms with E-state index in [2.05, 4.69) is 6.07 Å². The van der Waals surface area contributed by atoms with Crippen molar-refractivity contribution < 1.29 is 9.47 Å². The van der Waals surface area contributed by atoms with Gasteiger partial charge in [0.25, 0.3) is 0 Å². The van der Waals surface area contributed by atoms with Gasteiger partial charge < -0.3 is 15.2 Å². The molecule has 1 saturated carbocycles. The fourth-order valence-electron chi connectivity index (χ4n) is 3.72. The Morgan fingerprint density at radius 2 is 1.26 bits per heavy atom. The third kappa shape index (κ3) is 4.32. The van der Waals surface area contributed by atoms with E-state index in [1.54, 1.807) is 0 Å². The van der Waals surface area contributed by atoms with Gasteiger partial charge in [-0.2, -0.15) is 0 Å². The van der Waals surface area contributed by atoms with Gasteiger partial charge in [-0.1, -0.05) is 55.3 Å². The van der Waals surface area contributed by atoms with Crippen molar-refractivity contribution in [3.05, 3.63) is 84.4 Å². The summed E-state index contributed by atoms with van der Waals surface area (Å²) in [5, 5.41) is 0. The number of nitrogens with two attached hydrogens (primary N) is 1. The van der Waals surface area contributed by atoms with Crippen molar-refractivity contribution in [3.63, 3.8) is 0 Å². The summed E-state index contributed by atoms with van der Waals surface area (Å²) in [5.41, 5.74) is 7.67. The Kier molecular flexibility index (Phi) is 5.40. The zero-order chi connectivity index (χ0) is 18.5. The Hall–Kier alpha value is -2.78. The molecule has 3 nitrogen and oxygen atoms in total. The molecule has 3 heteroatoms. The largest absolute Gasteiger partial charge is 0.453 e. The molecule has 2 N–H and O–H groups in total. The lowest BCUT2D eigenvalue weighted by atomic mass is 9.92.